The fourth-order valence-corrected chi connectivity index (χ4v) is 4.79. The molecule has 130 valence electrons. The van der Waals surface area contributed by atoms with Crippen molar-refractivity contribution in [3.63, 3.8) is 0 Å². The predicted molar refractivity (Wildman–Crippen MR) is 96.1 cm³/mol. The second-order valence-corrected chi connectivity index (χ2v) is 7.54. The van der Waals surface area contributed by atoms with Gasteiger partial charge in [-0.3, -0.25) is 9.59 Å². The highest BCUT2D eigenvalue weighted by atomic mass is 16.2. The second-order valence-electron chi connectivity index (χ2n) is 7.54. The molecule has 1 heterocycles. The van der Waals surface area contributed by atoms with Gasteiger partial charge in [0.1, 0.15) is 0 Å². The second kappa shape index (κ2) is 6.14. The monoisotopic (exact) mass is 337 g/mol. The summed E-state index contributed by atoms with van der Waals surface area (Å²) in [4.78, 5) is 29.6. The van der Waals surface area contributed by atoms with E-state index in [1.807, 2.05) is 18.2 Å². The minimum Gasteiger partial charge on any atom is -0.314 e. The van der Waals surface area contributed by atoms with Gasteiger partial charge in [0.25, 0.3) is 5.56 Å². The number of carbonyl (C=O) groups is 1. The highest BCUT2D eigenvalue weighted by Crippen LogP contribution is 2.57. The summed E-state index contributed by atoms with van der Waals surface area (Å²) in [5.74, 6) is 1.11. The molecule has 0 saturated heterocycles. The van der Waals surface area contributed by atoms with E-state index < -0.39 is 5.41 Å². The average Bonchev–Trinajstić information content (AvgIpc) is 3.21. The van der Waals surface area contributed by atoms with Crippen LogP contribution in [0.15, 0.2) is 47.5 Å². The maximum absolute atomic E-state index is 13.3. The van der Waals surface area contributed by atoms with Crippen molar-refractivity contribution in [2.45, 2.75) is 32.1 Å². The zero-order chi connectivity index (χ0) is 17.4. The van der Waals surface area contributed by atoms with E-state index in [4.69, 9.17) is 0 Å². The minimum absolute atomic E-state index is 0.0423. The van der Waals surface area contributed by atoms with Crippen molar-refractivity contribution < 1.29 is 4.79 Å². The van der Waals surface area contributed by atoms with Gasteiger partial charge in [0.2, 0.25) is 5.91 Å². The first kappa shape index (κ1) is 16.1. The molecule has 1 aromatic carbocycles. The van der Waals surface area contributed by atoms with Gasteiger partial charge in [-0.05, 0) is 43.1 Å². The molecule has 2 fully saturated rings. The number of anilines is 1. The summed E-state index contributed by atoms with van der Waals surface area (Å²) in [6.45, 7) is 0. The van der Waals surface area contributed by atoms with Crippen LogP contribution in [-0.4, -0.2) is 15.5 Å². The van der Waals surface area contributed by atoms with Crippen molar-refractivity contribution >= 4 is 11.7 Å². The molecule has 1 N–H and O–H groups in total. The number of benzene rings is 1. The van der Waals surface area contributed by atoms with Gasteiger partial charge in [-0.25, -0.2) is 4.98 Å². The van der Waals surface area contributed by atoms with E-state index in [2.05, 4.69) is 22.4 Å². The Bertz CT molecular complexity index is 846. The molecule has 0 radical (unpaired) electrons. The number of hydrogen-bond acceptors (Lipinski definition) is 3. The van der Waals surface area contributed by atoms with E-state index in [0.717, 1.165) is 25.7 Å². The summed E-state index contributed by atoms with van der Waals surface area (Å²) in [7, 11) is 1.66. The standard InChI is InChI=1S/C20H23N3O2/c1-23-10-9-21-17(18(23)24)22-19(25)20(12-14-5-3-2-4-6-14)13-15-7-8-16(20)11-15/h2-6,9-10,15-16H,7-8,11-13H2,1H3,(H,21,22,25)/t15-,16-,20-/m0/s1. The summed E-state index contributed by atoms with van der Waals surface area (Å²) in [5, 5.41) is 2.86. The lowest BCUT2D eigenvalue weighted by Gasteiger charge is -2.36. The Morgan fingerprint density at radius 3 is 2.80 bits per heavy atom. The Kier molecular flexibility index (Phi) is 3.94. The molecular weight excluding hydrogens is 314 g/mol. The van der Waals surface area contributed by atoms with E-state index in [9.17, 15) is 9.59 Å². The number of carbonyl (C=O) groups excluding carboxylic acids is 1. The fourth-order valence-electron chi connectivity index (χ4n) is 4.79. The van der Waals surface area contributed by atoms with Crippen LogP contribution < -0.4 is 10.9 Å². The maximum Gasteiger partial charge on any atom is 0.293 e. The quantitative estimate of drug-likeness (QED) is 0.933. The van der Waals surface area contributed by atoms with Crippen molar-refractivity contribution in [3.05, 3.63) is 58.6 Å². The summed E-state index contributed by atoms with van der Waals surface area (Å²) < 4.78 is 1.44. The molecule has 4 rings (SSSR count). The van der Waals surface area contributed by atoms with E-state index in [1.54, 1.807) is 19.4 Å². The van der Waals surface area contributed by atoms with Gasteiger partial charge in [0.05, 0.1) is 5.41 Å². The van der Waals surface area contributed by atoms with Crippen molar-refractivity contribution in [3.8, 4) is 0 Å². The van der Waals surface area contributed by atoms with Gasteiger partial charge in [0, 0.05) is 19.4 Å². The van der Waals surface area contributed by atoms with Gasteiger partial charge >= 0.3 is 0 Å². The fraction of sp³-hybridized carbons (Fsp3) is 0.450. The molecule has 1 amide bonds. The molecule has 2 bridgehead atoms. The summed E-state index contributed by atoms with van der Waals surface area (Å²) in [5.41, 5.74) is 0.486. The minimum atomic E-state index is -0.424. The number of rotatable bonds is 4. The third-order valence-electron chi connectivity index (χ3n) is 6.04. The van der Waals surface area contributed by atoms with Crippen molar-refractivity contribution in [2.75, 3.05) is 5.32 Å². The number of nitrogens with zero attached hydrogens (tertiary/aromatic N) is 2. The Morgan fingerprint density at radius 2 is 2.12 bits per heavy atom. The van der Waals surface area contributed by atoms with Gasteiger partial charge in [-0.15, -0.1) is 0 Å². The lowest BCUT2D eigenvalue weighted by Crippen LogP contribution is -2.43. The van der Waals surface area contributed by atoms with Gasteiger partial charge in [-0.1, -0.05) is 36.8 Å². The number of amides is 1. The summed E-state index contributed by atoms with van der Waals surface area (Å²) >= 11 is 0. The van der Waals surface area contributed by atoms with E-state index in [-0.39, 0.29) is 17.3 Å². The molecular formula is C20H23N3O2. The smallest absolute Gasteiger partial charge is 0.293 e. The number of aryl methyl sites for hydroxylation is 1. The van der Waals surface area contributed by atoms with Gasteiger partial charge in [0.15, 0.2) is 5.82 Å². The first-order chi connectivity index (χ1) is 12.1. The lowest BCUT2D eigenvalue weighted by atomic mass is 9.68. The van der Waals surface area contributed by atoms with Gasteiger partial charge in [-0.2, -0.15) is 0 Å². The maximum atomic E-state index is 13.3. The molecule has 5 nitrogen and oxygen atoms in total. The third-order valence-corrected chi connectivity index (χ3v) is 6.04. The molecule has 3 atom stereocenters. The first-order valence-corrected chi connectivity index (χ1v) is 8.95. The van der Waals surface area contributed by atoms with Crippen LogP contribution in [0.2, 0.25) is 0 Å². The largest absolute Gasteiger partial charge is 0.314 e. The zero-order valence-electron chi connectivity index (χ0n) is 14.4. The number of hydrogen-bond donors (Lipinski definition) is 1. The Hall–Kier alpha value is -2.43. The van der Waals surface area contributed by atoms with Crippen molar-refractivity contribution in [2.24, 2.45) is 24.3 Å². The van der Waals surface area contributed by atoms with Crippen LogP contribution in [0, 0.1) is 17.3 Å². The Labute approximate surface area is 147 Å². The van der Waals surface area contributed by atoms with Crippen molar-refractivity contribution in [1.29, 1.82) is 0 Å². The number of fused-ring (bicyclic) bond motifs is 2. The van der Waals surface area contributed by atoms with E-state index in [1.165, 1.54) is 16.6 Å². The predicted octanol–water partition coefficient (Wildman–Crippen LogP) is 2.77. The Morgan fingerprint density at radius 1 is 1.32 bits per heavy atom. The van der Waals surface area contributed by atoms with Crippen LogP contribution in [-0.2, 0) is 18.3 Å². The van der Waals surface area contributed by atoms with Crippen LogP contribution in [0.3, 0.4) is 0 Å². The third kappa shape index (κ3) is 2.77. The molecule has 0 aliphatic heterocycles. The average molecular weight is 337 g/mol. The molecule has 2 saturated carbocycles. The van der Waals surface area contributed by atoms with Crippen LogP contribution in [0.1, 0.15) is 31.2 Å². The van der Waals surface area contributed by atoms with Crippen molar-refractivity contribution in [1.82, 2.24) is 9.55 Å². The van der Waals surface area contributed by atoms with Crippen LogP contribution in [0.4, 0.5) is 5.82 Å². The number of nitrogens with one attached hydrogen (secondary N) is 1. The molecule has 0 unspecified atom stereocenters. The van der Waals surface area contributed by atoms with Crippen LogP contribution in [0.25, 0.3) is 0 Å². The molecule has 25 heavy (non-hydrogen) atoms. The number of aromatic nitrogens is 2. The molecule has 2 aliphatic rings. The molecule has 2 aliphatic carbocycles. The normalized spacial score (nSPS) is 27.4. The summed E-state index contributed by atoms with van der Waals surface area (Å²) in [6.07, 6.45) is 8.22. The molecule has 2 aromatic rings. The lowest BCUT2D eigenvalue weighted by molar-refractivity contribution is -0.128. The van der Waals surface area contributed by atoms with Gasteiger partial charge < -0.3 is 9.88 Å². The highest BCUT2D eigenvalue weighted by Gasteiger charge is 2.55. The highest BCUT2D eigenvalue weighted by molar-refractivity contribution is 5.95. The Balaban J connectivity index is 1.65. The van der Waals surface area contributed by atoms with Crippen LogP contribution >= 0.6 is 0 Å². The summed E-state index contributed by atoms with van der Waals surface area (Å²) in [6, 6.07) is 10.2. The van der Waals surface area contributed by atoms with Crippen LogP contribution in [0.5, 0.6) is 0 Å². The zero-order valence-corrected chi connectivity index (χ0v) is 14.4. The first-order valence-electron chi connectivity index (χ1n) is 8.95. The molecule has 0 spiro atoms. The van der Waals surface area contributed by atoms with E-state index in [0.29, 0.717) is 11.8 Å². The topological polar surface area (TPSA) is 64.0 Å². The van der Waals surface area contributed by atoms with E-state index >= 15 is 0 Å². The SMILES string of the molecule is Cn1ccnc(NC(=O)[C@@]2(Cc3ccccc3)C[C@H]3CC[C@H]2C3)c1=O. The molecule has 1 aromatic heterocycles. The molecule has 5 heteroatoms.